The molecule has 3 N–H and O–H groups in total. The average molecular weight is 262 g/mol. The van der Waals surface area contributed by atoms with Crippen LogP contribution in [-0.2, 0) is 15.1 Å². The van der Waals surface area contributed by atoms with Gasteiger partial charge in [-0.2, -0.15) is 0 Å². The second-order valence-electron chi connectivity index (χ2n) is 4.11. The Kier molecular flexibility index (Phi) is 3.26. The van der Waals surface area contributed by atoms with E-state index < -0.39 is 11.4 Å². The number of aliphatic hydroxyl groups is 1. The summed E-state index contributed by atoms with van der Waals surface area (Å²) in [6.45, 7) is 4.00. The minimum absolute atomic E-state index is 0.183. The van der Waals surface area contributed by atoms with Crippen LogP contribution in [0.1, 0.15) is 18.9 Å². The van der Waals surface area contributed by atoms with E-state index >= 15 is 0 Å². The fraction of sp³-hybridized carbons (Fsp3) is 0.667. The molecule has 0 aromatic carbocycles. The molecule has 0 bridgehead atoms. The highest BCUT2D eigenvalue weighted by Crippen LogP contribution is 2.34. The number of ether oxygens (including phenoxy) is 2. The van der Waals surface area contributed by atoms with Crippen molar-refractivity contribution in [1.82, 2.24) is 4.98 Å². The molecule has 1 saturated heterocycles. The quantitative estimate of drug-likeness (QED) is 0.777. The molecule has 0 atom stereocenters. The van der Waals surface area contributed by atoms with Gasteiger partial charge in [0.1, 0.15) is 5.01 Å². The maximum atomic E-state index is 10.3. The Morgan fingerprint density at radius 3 is 2.62 bits per heavy atom. The molecule has 1 fully saturated rings. The summed E-state index contributed by atoms with van der Waals surface area (Å²) >= 11 is 2.47. The van der Waals surface area contributed by atoms with Gasteiger partial charge in [-0.05, 0) is 25.8 Å². The molecule has 0 spiro atoms. The lowest BCUT2D eigenvalue weighted by Gasteiger charge is -2.39. The number of rotatable bonds is 2. The first-order valence-electron chi connectivity index (χ1n) is 4.78. The van der Waals surface area contributed by atoms with Crippen LogP contribution in [-0.4, -0.2) is 29.1 Å². The molecule has 0 aliphatic carbocycles. The van der Waals surface area contributed by atoms with E-state index in [1.165, 1.54) is 11.3 Å². The standard InChI is InChI=1S/C9H14N2O3S2/c1-8(2)13-4-9(12,5-14-8)7-11-3-6(15-7)16-10/h3,12H,4-5,10H2,1-2H3. The van der Waals surface area contributed by atoms with Crippen molar-refractivity contribution in [3.63, 3.8) is 0 Å². The second-order valence-corrected chi connectivity index (χ2v) is 6.08. The van der Waals surface area contributed by atoms with Gasteiger partial charge in [0.25, 0.3) is 0 Å². The molecule has 2 rings (SSSR count). The molecule has 5 nitrogen and oxygen atoms in total. The molecule has 16 heavy (non-hydrogen) atoms. The zero-order valence-corrected chi connectivity index (χ0v) is 10.7. The fourth-order valence-electron chi connectivity index (χ4n) is 1.32. The highest BCUT2D eigenvalue weighted by Gasteiger charge is 2.42. The third-order valence-electron chi connectivity index (χ3n) is 2.32. The third kappa shape index (κ3) is 2.39. The summed E-state index contributed by atoms with van der Waals surface area (Å²) < 4.78 is 11.7. The van der Waals surface area contributed by atoms with E-state index in [1.54, 1.807) is 6.20 Å². The normalized spacial score (nSPS) is 23.2. The van der Waals surface area contributed by atoms with Crippen molar-refractivity contribution in [2.75, 3.05) is 13.2 Å². The van der Waals surface area contributed by atoms with Crippen LogP contribution in [0.5, 0.6) is 0 Å². The van der Waals surface area contributed by atoms with E-state index in [0.29, 0.717) is 5.01 Å². The first-order chi connectivity index (χ1) is 7.45. The van der Waals surface area contributed by atoms with E-state index in [4.69, 9.17) is 14.6 Å². The van der Waals surface area contributed by atoms with Crippen molar-refractivity contribution in [2.45, 2.75) is 29.4 Å². The monoisotopic (exact) mass is 262 g/mol. The Balaban J connectivity index is 2.14. The summed E-state index contributed by atoms with van der Waals surface area (Å²) in [5.41, 5.74) is -1.16. The smallest absolute Gasteiger partial charge is 0.163 e. The van der Waals surface area contributed by atoms with Crippen LogP contribution in [0, 0.1) is 0 Å². The lowest BCUT2D eigenvalue weighted by atomic mass is 10.1. The molecular weight excluding hydrogens is 248 g/mol. The van der Waals surface area contributed by atoms with Crippen LogP contribution < -0.4 is 5.14 Å². The van der Waals surface area contributed by atoms with Gasteiger partial charge in [0.15, 0.2) is 11.4 Å². The van der Waals surface area contributed by atoms with Crippen LogP contribution in [0.25, 0.3) is 0 Å². The number of hydrogen-bond donors (Lipinski definition) is 2. The summed E-state index contributed by atoms with van der Waals surface area (Å²) in [7, 11) is 0. The van der Waals surface area contributed by atoms with Crippen LogP contribution in [0.3, 0.4) is 0 Å². The van der Waals surface area contributed by atoms with Crippen LogP contribution in [0.2, 0.25) is 0 Å². The minimum atomic E-state index is -1.16. The lowest BCUT2D eigenvalue weighted by molar-refractivity contribution is -0.304. The van der Waals surface area contributed by atoms with Crippen molar-refractivity contribution in [1.29, 1.82) is 0 Å². The average Bonchev–Trinajstić information content (AvgIpc) is 2.72. The Labute approximate surface area is 102 Å². The SMILES string of the molecule is CC1(C)OCC(O)(c2ncc(SN)s2)CO1. The molecule has 1 aliphatic rings. The molecule has 7 heteroatoms. The molecule has 0 amide bonds. The molecule has 1 aromatic heterocycles. The zero-order chi connectivity index (χ0) is 11.8. The Bertz CT molecular complexity index is 371. The van der Waals surface area contributed by atoms with Gasteiger partial charge < -0.3 is 14.6 Å². The number of nitrogens with zero attached hydrogens (tertiary/aromatic N) is 1. The van der Waals surface area contributed by atoms with Gasteiger partial charge in [-0.15, -0.1) is 11.3 Å². The van der Waals surface area contributed by atoms with Gasteiger partial charge in [0, 0.05) is 0 Å². The molecule has 0 unspecified atom stereocenters. The van der Waals surface area contributed by atoms with Crippen LogP contribution >= 0.6 is 23.3 Å². The summed E-state index contributed by atoms with van der Waals surface area (Å²) in [5.74, 6) is -0.644. The number of nitrogens with two attached hydrogens (primary N) is 1. The third-order valence-corrected chi connectivity index (χ3v) is 4.18. The van der Waals surface area contributed by atoms with Gasteiger partial charge in [-0.25, -0.2) is 4.98 Å². The Morgan fingerprint density at radius 1 is 1.50 bits per heavy atom. The summed E-state index contributed by atoms with van der Waals surface area (Å²) in [4.78, 5) is 4.14. The fourth-order valence-corrected chi connectivity index (χ4v) is 2.57. The number of hydrogen-bond acceptors (Lipinski definition) is 7. The molecular formula is C9H14N2O3S2. The van der Waals surface area contributed by atoms with E-state index in [-0.39, 0.29) is 13.2 Å². The van der Waals surface area contributed by atoms with Gasteiger partial charge in [-0.1, -0.05) is 0 Å². The molecule has 1 aromatic rings. The van der Waals surface area contributed by atoms with E-state index in [9.17, 15) is 5.11 Å². The first-order valence-corrected chi connectivity index (χ1v) is 6.48. The summed E-state index contributed by atoms with van der Waals surface area (Å²) in [6.07, 6.45) is 1.64. The van der Waals surface area contributed by atoms with E-state index in [2.05, 4.69) is 4.98 Å². The second kappa shape index (κ2) is 4.25. The number of thiazole rings is 1. The Hall–Kier alpha value is -0.180. The Morgan fingerprint density at radius 2 is 2.12 bits per heavy atom. The van der Waals surface area contributed by atoms with Crippen molar-refractivity contribution < 1.29 is 14.6 Å². The van der Waals surface area contributed by atoms with Crippen molar-refractivity contribution in [2.24, 2.45) is 5.14 Å². The largest absolute Gasteiger partial charge is 0.378 e. The van der Waals surface area contributed by atoms with Gasteiger partial charge in [0.2, 0.25) is 0 Å². The highest BCUT2D eigenvalue weighted by molar-refractivity contribution is 7.99. The zero-order valence-electron chi connectivity index (χ0n) is 9.10. The summed E-state index contributed by atoms with van der Waals surface area (Å²) in [6, 6.07) is 0. The molecule has 90 valence electrons. The highest BCUT2D eigenvalue weighted by atomic mass is 32.2. The van der Waals surface area contributed by atoms with Crippen LogP contribution in [0.15, 0.2) is 10.4 Å². The first kappa shape index (κ1) is 12.3. The molecule has 1 aliphatic heterocycles. The van der Waals surface area contributed by atoms with Crippen molar-refractivity contribution >= 4 is 23.3 Å². The maximum absolute atomic E-state index is 10.3. The van der Waals surface area contributed by atoms with Gasteiger partial charge in [0.05, 0.1) is 23.6 Å². The molecule has 2 heterocycles. The predicted molar refractivity (Wildman–Crippen MR) is 62.0 cm³/mol. The lowest BCUT2D eigenvalue weighted by Crippen LogP contribution is -2.49. The van der Waals surface area contributed by atoms with Crippen molar-refractivity contribution in [3.8, 4) is 0 Å². The van der Waals surface area contributed by atoms with E-state index in [0.717, 1.165) is 16.2 Å². The van der Waals surface area contributed by atoms with Crippen LogP contribution in [0.4, 0.5) is 0 Å². The maximum Gasteiger partial charge on any atom is 0.163 e. The van der Waals surface area contributed by atoms with Gasteiger partial charge >= 0.3 is 0 Å². The molecule has 0 saturated carbocycles. The minimum Gasteiger partial charge on any atom is -0.378 e. The predicted octanol–water partition coefficient (Wildman–Crippen LogP) is 1.08. The topological polar surface area (TPSA) is 77.6 Å². The van der Waals surface area contributed by atoms with E-state index in [1.807, 2.05) is 13.8 Å². The van der Waals surface area contributed by atoms with Crippen molar-refractivity contribution in [3.05, 3.63) is 11.2 Å². The molecule has 0 radical (unpaired) electrons. The summed E-state index contributed by atoms with van der Waals surface area (Å²) in [5, 5.41) is 16.3. The number of aromatic nitrogens is 1. The van der Waals surface area contributed by atoms with Gasteiger partial charge in [-0.3, -0.25) is 5.14 Å².